The first-order chi connectivity index (χ1) is 12.1. The molecular formula is C19H24ClN3O2. The summed E-state index contributed by atoms with van der Waals surface area (Å²) >= 11 is 5.98. The van der Waals surface area contributed by atoms with E-state index < -0.39 is 0 Å². The number of aromatic nitrogens is 2. The highest BCUT2D eigenvalue weighted by atomic mass is 35.5. The molecule has 0 radical (unpaired) electrons. The van der Waals surface area contributed by atoms with Gasteiger partial charge in [0.25, 0.3) is 5.91 Å². The first-order valence-corrected chi connectivity index (χ1v) is 9.28. The Hall–Kier alpha value is -1.85. The molecule has 1 N–H and O–H groups in total. The number of ether oxygens (including phenoxy) is 1. The fraction of sp³-hybridized carbons (Fsp3) is 0.474. The Kier molecular flexibility index (Phi) is 5.76. The quantitative estimate of drug-likeness (QED) is 0.855. The number of benzene rings is 1. The van der Waals surface area contributed by atoms with E-state index in [1.807, 2.05) is 42.8 Å². The molecule has 0 saturated carbocycles. The van der Waals surface area contributed by atoms with Crippen molar-refractivity contribution < 1.29 is 9.53 Å². The van der Waals surface area contributed by atoms with Crippen LogP contribution in [0.25, 0.3) is 5.69 Å². The molecule has 1 aliphatic heterocycles. The van der Waals surface area contributed by atoms with Crippen LogP contribution in [0.5, 0.6) is 0 Å². The Bertz CT molecular complexity index is 734. The molecule has 25 heavy (non-hydrogen) atoms. The topological polar surface area (TPSA) is 56.2 Å². The normalized spacial score (nSPS) is 17.0. The summed E-state index contributed by atoms with van der Waals surface area (Å²) in [7, 11) is 0. The van der Waals surface area contributed by atoms with Crippen molar-refractivity contribution >= 4 is 17.5 Å². The van der Waals surface area contributed by atoms with Gasteiger partial charge in [0, 0.05) is 18.2 Å². The maximum absolute atomic E-state index is 12.8. The van der Waals surface area contributed by atoms with Crippen LogP contribution < -0.4 is 5.32 Å². The average molecular weight is 362 g/mol. The fourth-order valence-corrected chi connectivity index (χ4v) is 3.36. The van der Waals surface area contributed by atoms with Crippen LogP contribution in [0.3, 0.4) is 0 Å². The molecule has 1 aromatic heterocycles. The summed E-state index contributed by atoms with van der Waals surface area (Å²) in [6.07, 6.45) is 3.63. The van der Waals surface area contributed by atoms with Crippen molar-refractivity contribution in [2.45, 2.75) is 45.6 Å². The van der Waals surface area contributed by atoms with E-state index >= 15 is 0 Å². The molecule has 1 atom stereocenters. The van der Waals surface area contributed by atoms with Gasteiger partial charge in [-0.25, -0.2) is 4.68 Å². The second kappa shape index (κ2) is 8.02. The van der Waals surface area contributed by atoms with Crippen LogP contribution in [0.2, 0.25) is 5.02 Å². The third-order valence-corrected chi connectivity index (χ3v) is 4.79. The number of carbonyl (C=O) groups excluding carboxylic acids is 1. The summed E-state index contributed by atoms with van der Waals surface area (Å²) in [6, 6.07) is 7.51. The lowest BCUT2D eigenvalue weighted by Gasteiger charge is -2.12. The highest BCUT2D eigenvalue weighted by Gasteiger charge is 2.24. The van der Waals surface area contributed by atoms with E-state index in [1.54, 1.807) is 0 Å². The number of aryl methyl sites for hydroxylation is 1. The monoisotopic (exact) mass is 361 g/mol. The highest BCUT2D eigenvalue weighted by Crippen LogP contribution is 2.22. The minimum absolute atomic E-state index is 0.0654. The van der Waals surface area contributed by atoms with Crippen LogP contribution >= 0.6 is 11.6 Å². The molecule has 0 unspecified atom stereocenters. The van der Waals surface area contributed by atoms with E-state index in [-0.39, 0.29) is 12.0 Å². The van der Waals surface area contributed by atoms with Crippen molar-refractivity contribution in [1.29, 1.82) is 0 Å². The Morgan fingerprint density at radius 2 is 2.08 bits per heavy atom. The van der Waals surface area contributed by atoms with E-state index in [1.165, 1.54) is 0 Å². The predicted molar refractivity (Wildman–Crippen MR) is 98.6 cm³/mol. The zero-order chi connectivity index (χ0) is 17.8. The summed E-state index contributed by atoms with van der Waals surface area (Å²) in [4.78, 5) is 12.8. The largest absolute Gasteiger partial charge is 0.376 e. The summed E-state index contributed by atoms with van der Waals surface area (Å²) in [6.45, 7) is 5.40. The van der Waals surface area contributed by atoms with Crippen molar-refractivity contribution in [2.24, 2.45) is 0 Å². The van der Waals surface area contributed by atoms with Crippen LogP contribution in [0.4, 0.5) is 0 Å². The van der Waals surface area contributed by atoms with Crippen molar-refractivity contribution in [3.05, 3.63) is 46.2 Å². The third-order valence-electron chi connectivity index (χ3n) is 4.54. The number of nitrogens with zero attached hydrogens (tertiary/aromatic N) is 2. The van der Waals surface area contributed by atoms with Crippen molar-refractivity contribution in [2.75, 3.05) is 13.2 Å². The lowest BCUT2D eigenvalue weighted by Crippen LogP contribution is -2.32. The Morgan fingerprint density at radius 1 is 1.32 bits per heavy atom. The summed E-state index contributed by atoms with van der Waals surface area (Å²) < 4.78 is 7.45. The molecule has 3 rings (SSSR count). The van der Waals surface area contributed by atoms with Gasteiger partial charge in [-0.2, -0.15) is 5.10 Å². The fourth-order valence-electron chi connectivity index (χ4n) is 3.24. The summed E-state index contributed by atoms with van der Waals surface area (Å²) in [5.74, 6) is -0.0654. The molecule has 1 aliphatic rings. The lowest BCUT2D eigenvalue weighted by molar-refractivity contribution is 0.0856. The van der Waals surface area contributed by atoms with Crippen molar-refractivity contribution in [3.63, 3.8) is 0 Å². The zero-order valence-electron chi connectivity index (χ0n) is 14.7. The summed E-state index contributed by atoms with van der Waals surface area (Å²) in [5.41, 5.74) is 3.34. The molecule has 1 amide bonds. The number of nitrogens with one attached hydrogen (secondary N) is 1. The zero-order valence-corrected chi connectivity index (χ0v) is 15.5. The SMILES string of the molecule is CCc1nn(-c2ccc(Cl)cc2)c(CC)c1C(=O)NC[C@H]1CCCO1. The average Bonchev–Trinajstić information content (AvgIpc) is 3.27. The number of carbonyl (C=O) groups is 1. The molecule has 134 valence electrons. The molecule has 5 nitrogen and oxygen atoms in total. The van der Waals surface area contributed by atoms with Gasteiger partial charge in [-0.1, -0.05) is 25.4 Å². The van der Waals surface area contributed by atoms with Gasteiger partial charge in [0.05, 0.1) is 28.7 Å². The summed E-state index contributed by atoms with van der Waals surface area (Å²) in [5, 5.41) is 8.39. The molecule has 0 bridgehead atoms. The molecule has 0 spiro atoms. The second-order valence-electron chi connectivity index (χ2n) is 6.21. The van der Waals surface area contributed by atoms with Gasteiger partial charge in [-0.15, -0.1) is 0 Å². The first-order valence-electron chi connectivity index (χ1n) is 8.90. The number of hydrogen-bond acceptors (Lipinski definition) is 3. The van der Waals surface area contributed by atoms with Gasteiger partial charge in [0.15, 0.2) is 0 Å². The Labute approximate surface area is 153 Å². The number of hydrogen-bond donors (Lipinski definition) is 1. The molecular weight excluding hydrogens is 338 g/mol. The third kappa shape index (κ3) is 3.88. The van der Waals surface area contributed by atoms with Crippen LogP contribution in [-0.4, -0.2) is 34.9 Å². The van der Waals surface area contributed by atoms with Crippen molar-refractivity contribution in [3.8, 4) is 5.69 Å². The van der Waals surface area contributed by atoms with Gasteiger partial charge in [0.1, 0.15) is 0 Å². The molecule has 1 saturated heterocycles. The van der Waals surface area contributed by atoms with Crippen LogP contribution in [0.15, 0.2) is 24.3 Å². The smallest absolute Gasteiger partial charge is 0.255 e. The second-order valence-corrected chi connectivity index (χ2v) is 6.65. The maximum atomic E-state index is 12.8. The first kappa shape index (κ1) is 18.0. The van der Waals surface area contributed by atoms with E-state index in [4.69, 9.17) is 16.3 Å². The van der Waals surface area contributed by atoms with Gasteiger partial charge >= 0.3 is 0 Å². The Balaban J connectivity index is 1.89. The standard InChI is InChI=1S/C19H24ClN3O2/c1-3-16-18(19(24)21-12-15-6-5-11-25-15)17(4-2)23(22-16)14-9-7-13(20)8-10-14/h7-10,15H,3-6,11-12H2,1-2H3,(H,21,24)/t15-/m1/s1. The van der Waals surface area contributed by atoms with E-state index in [2.05, 4.69) is 10.4 Å². The highest BCUT2D eigenvalue weighted by molar-refractivity contribution is 6.30. The van der Waals surface area contributed by atoms with Gasteiger partial charge in [-0.05, 0) is 49.9 Å². The van der Waals surface area contributed by atoms with Crippen LogP contribution in [-0.2, 0) is 17.6 Å². The minimum Gasteiger partial charge on any atom is -0.376 e. The molecule has 2 aromatic rings. The molecule has 0 aliphatic carbocycles. The molecule has 1 aromatic carbocycles. The number of amides is 1. The van der Waals surface area contributed by atoms with E-state index in [9.17, 15) is 4.79 Å². The number of rotatable bonds is 6. The molecule has 2 heterocycles. The maximum Gasteiger partial charge on any atom is 0.255 e. The van der Waals surface area contributed by atoms with Gasteiger partial charge < -0.3 is 10.1 Å². The van der Waals surface area contributed by atoms with Crippen LogP contribution in [0.1, 0.15) is 48.4 Å². The van der Waals surface area contributed by atoms with Gasteiger partial charge in [0.2, 0.25) is 0 Å². The van der Waals surface area contributed by atoms with Crippen LogP contribution in [0, 0.1) is 0 Å². The van der Waals surface area contributed by atoms with E-state index in [0.29, 0.717) is 23.6 Å². The van der Waals surface area contributed by atoms with Gasteiger partial charge in [-0.3, -0.25) is 4.79 Å². The minimum atomic E-state index is -0.0654. The van der Waals surface area contributed by atoms with E-state index in [0.717, 1.165) is 42.9 Å². The predicted octanol–water partition coefficient (Wildman–Crippen LogP) is 3.56. The lowest BCUT2D eigenvalue weighted by atomic mass is 10.1. The molecule has 1 fully saturated rings. The number of halogens is 1. The van der Waals surface area contributed by atoms with Crippen molar-refractivity contribution in [1.82, 2.24) is 15.1 Å². The molecule has 6 heteroatoms. The Morgan fingerprint density at radius 3 is 2.68 bits per heavy atom.